The normalized spacial score (nSPS) is 19.1. The van der Waals surface area contributed by atoms with E-state index in [1.165, 1.54) is 7.11 Å². The number of benzene rings is 1. The van der Waals surface area contributed by atoms with Gasteiger partial charge >= 0.3 is 5.97 Å². The van der Waals surface area contributed by atoms with Crippen LogP contribution < -0.4 is 0 Å². The number of esters is 1. The van der Waals surface area contributed by atoms with Gasteiger partial charge < -0.3 is 9.64 Å². The summed E-state index contributed by atoms with van der Waals surface area (Å²) in [5.74, 6) is -0.437. The minimum absolute atomic E-state index is 0.109. The van der Waals surface area contributed by atoms with E-state index in [2.05, 4.69) is 15.9 Å². The lowest BCUT2D eigenvalue weighted by Crippen LogP contribution is -2.48. The molecule has 0 unspecified atom stereocenters. The molecular formula is C14H16BrNO3. The molecule has 4 nitrogen and oxygen atoms in total. The maximum atomic E-state index is 12.4. The number of methoxy groups -OCH3 is 1. The van der Waals surface area contributed by atoms with Crippen LogP contribution in [0, 0.1) is 0 Å². The van der Waals surface area contributed by atoms with Crippen LogP contribution >= 0.6 is 15.9 Å². The van der Waals surface area contributed by atoms with Gasteiger partial charge in [0.25, 0.3) is 5.91 Å². The van der Waals surface area contributed by atoms with Gasteiger partial charge in [0.15, 0.2) is 0 Å². The van der Waals surface area contributed by atoms with Gasteiger partial charge in [-0.15, -0.1) is 0 Å². The first-order chi connectivity index (χ1) is 9.13. The average molecular weight is 326 g/mol. The molecule has 0 aromatic heterocycles. The van der Waals surface area contributed by atoms with Crippen LogP contribution in [0.2, 0.25) is 0 Å². The van der Waals surface area contributed by atoms with E-state index >= 15 is 0 Å². The van der Waals surface area contributed by atoms with Crippen LogP contribution in [0.15, 0.2) is 28.7 Å². The van der Waals surface area contributed by atoms with Crippen LogP contribution in [-0.2, 0) is 9.53 Å². The summed E-state index contributed by atoms with van der Waals surface area (Å²) in [5, 5.41) is 0. The summed E-state index contributed by atoms with van der Waals surface area (Å²) in [5.41, 5.74) is 0.596. The maximum absolute atomic E-state index is 12.4. The van der Waals surface area contributed by atoms with Crippen LogP contribution in [0.4, 0.5) is 0 Å². The molecule has 1 aromatic rings. The largest absolute Gasteiger partial charge is 0.467 e. The lowest BCUT2D eigenvalue weighted by Gasteiger charge is -2.33. The number of ether oxygens (including phenoxy) is 1. The van der Waals surface area contributed by atoms with Crippen LogP contribution in [-0.4, -0.2) is 36.5 Å². The van der Waals surface area contributed by atoms with E-state index in [1.807, 2.05) is 12.1 Å². The summed E-state index contributed by atoms with van der Waals surface area (Å²) in [6.45, 7) is 0.606. The number of hydrogen-bond donors (Lipinski definition) is 0. The number of piperidine rings is 1. The number of amides is 1. The summed E-state index contributed by atoms with van der Waals surface area (Å²) in [7, 11) is 1.36. The van der Waals surface area contributed by atoms with E-state index in [-0.39, 0.29) is 11.9 Å². The monoisotopic (exact) mass is 325 g/mol. The Kier molecular flexibility index (Phi) is 4.58. The predicted octanol–water partition coefficient (Wildman–Crippen LogP) is 2.62. The van der Waals surface area contributed by atoms with Crippen molar-refractivity contribution >= 4 is 27.8 Å². The van der Waals surface area contributed by atoms with Crippen molar-refractivity contribution in [1.29, 1.82) is 0 Å². The molecule has 1 aliphatic rings. The zero-order valence-corrected chi connectivity index (χ0v) is 12.4. The Bertz CT molecular complexity index is 472. The fraction of sp³-hybridized carbons (Fsp3) is 0.429. The molecule has 5 heteroatoms. The van der Waals surface area contributed by atoms with E-state index in [9.17, 15) is 9.59 Å². The second kappa shape index (κ2) is 6.19. The van der Waals surface area contributed by atoms with Gasteiger partial charge in [0, 0.05) is 16.6 Å². The number of carbonyl (C=O) groups is 2. The third-order valence-electron chi connectivity index (χ3n) is 3.33. The maximum Gasteiger partial charge on any atom is 0.328 e. The Balaban J connectivity index is 2.20. The van der Waals surface area contributed by atoms with Crippen LogP contribution in [0.1, 0.15) is 29.6 Å². The number of halogens is 1. The predicted molar refractivity (Wildman–Crippen MR) is 74.8 cm³/mol. The molecule has 2 rings (SSSR count). The zero-order valence-electron chi connectivity index (χ0n) is 10.8. The zero-order chi connectivity index (χ0) is 13.8. The van der Waals surface area contributed by atoms with Gasteiger partial charge in [-0.05, 0) is 43.5 Å². The fourth-order valence-corrected chi connectivity index (χ4v) is 2.58. The van der Waals surface area contributed by atoms with Gasteiger partial charge in [0.05, 0.1) is 7.11 Å². The van der Waals surface area contributed by atoms with Crippen molar-refractivity contribution in [2.24, 2.45) is 0 Å². The first-order valence-electron chi connectivity index (χ1n) is 6.28. The van der Waals surface area contributed by atoms with Gasteiger partial charge in [0.2, 0.25) is 0 Å². The molecule has 0 radical (unpaired) electrons. The van der Waals surface area contributed by atoms with Gasteiger partial charge in [0.1, 0.15) is 6.04 Å². The van der Waals surface area contributed by atoms with Crippen molar-refractivity contribution in [3.05, 3.63) is 34.3 Å². The summed E-state index contributed by atoms with van der Waals surface area (Å²) >= 11 is 3.34. The van der Waals surface area contributed by atoms with Crippen molar-refractivity contribution in [1.82, 2.24) is 4.90 Å². The second-order valence-corrected chi connectivity index (χ2v) is 5.46. The standard InChI is InChI=1S/C14H16BrNO3/c1-19-14(18)12-4-2-3-9-16(12)13(17)10-5-7-11(15)8-6-10/h5-8,12H,2-4,9H2,1H3/t12-/m0/s1. The molecule has 1 fully saturated rings. The molecule has 1 atom stereocenters. The third-order valence-corrected chi connectivity index (χ3v) is 3.86. The SMILES string of the molecule is COC(=O)[C@@H]1CCCCN1C(=O)c1ccc(Br)cc1. The first-order valence-corrected chi connectivity index (χ1v) is 7.07. The molecule has 0 aliphatic carbocycles. The molecule has 19 heavy (non-hydrogen) atoms. The highest BCUT2D eigenvalue weighted by atomic mass is 79.9. The highest BCUT2D eigenvalue weighted by Gasteiger charge is 2.33. The summed E-state index contributed by atoms with van der Waals surface area (Å²) < 4.78 is 5.71. The molecule has 0 spiro atoms. The van der Waals surface area contributed by atoms with Crippen molar-refractivity contribution in [3.8, 4) is 0 Å². The molecule has 0 saturated carbocycles. The number of likely N-dealkylation sites (tertiary alicyclic amines) is 1. The van der Waals surface area contributed by atoms with Crippen LogP contribution in [0.3, 0.4) is 0 Å². The van der Waals surface area contributed by atoms with Gasteiger partial charge in [-0.3, -0.25) is 4.79 Å². The number of hydrogen-bond acceptors (Lipinski definition) is 3. The molecule has 102 valence electrons. The van der Waals surface area contributed by atoms with Crippen molar-refractivity contribution < 1.29 is 14.3 Å². The fourth-order valence-electron chi connectivity index (χ4n) is 2.31. The van der Waals surface area contributed by atoms with Crippen LogP contribution in [0.5, 0.6) is 0 Å². The average Bonchev–Trinajstić information content (AvgIpc) is 2.46. The summed E-state index contributed by atoms with van der Waals surface area (Å²) in [6.07, 6.45) is 2.55. The summed E-state index contributed by atoms with van der Waals surface area (Å²) in [4.78, 5) is 25.8. The summed E-state index contributed by atoms with van der Waals surface area (Å²) in [6, 6.07) is 6.72. The van der Waals surface area contributed by atoms with Crippen LogP contribution in [0.25, 0.3) is 0 Å². The number of nitrogens with zero attached hydrogens (tertiary/aromatic N) is 1. The number of rotatable bonds is 2. The topological polar surface area (TPSA) is 46.6 Å². The van der Waals surface area contributed by atoms with E-state index in [0.29, 0.717) is 18.5 Å². The molecule has 1 saturated heterocycles. The molecule has 1 heterocycles. The van der Waals surface area contributed by atoms with E-state index < -0.39 is 6.04 Å². The third kappa shape index (κ3) is 3.15. The molecule has 1 amide bonds. The minimum atomic E-state index is -0.449. The molecular weight excluding hydrogens is 310 g/mol. The highest BCUT2D eigenvalue weighted by molar-refractivity contribution is 9.10. The minimum Gasteiger partial charge on any atom is -0.467 e. The molecule has 1 aromatic carbocycles. The Labute approximate surface area is 120 Å². The Hall–Kier alpha value is -1.36. The van der Waals surface area contributed by atoms with Gasteiger partial charge in [-0.2, -0.15) is 0 Å². The van der Waals surface area contributed by atoms with E-state index in [1.54, 1.807) is 17.0 Å². The Morgan fingerprint density at radius 3 is 2.58 bits per heavy atom. The second-order valence-electron chi connectivity index (χ2n) is 4.54. The Morgan fingerprint density at radius 2 is 1.95 bits per heavy atom. The van der Waals surface area contributed by atoms with Gasteiger partial charge in [-0.25, -0.2) is 4.79 Å². The molecule has 0 N–H and O–H groups in total. The Morgan fingerprint density at radius 1 is 1.26 bits per heavy atom. The number of carbonyl (C=O) groups excluding carboxylic acids is 2. The van der Waals surface area contributed by atoms with E-state index in [0.717, 1.165) is 17.3 Å². The highest BCUT2D eigenvalue weighted by Crippen LogP contribution is 2.21. The lowest BCUT2D eigenvalue weighted by molar-refractivity contribution is -0.147. The quantitative estimate of drug-likeness (QED) is 0.785. The van der Waals surface area contributed by atoms with Crippen molar-refractivity contribution in [2.45, 2.75) is 25.3 Å². The van der Waals surface area contributed by atoms with Gasteiger partial charge in [-0.1, -0.05) is 15.9 Å². The molecule has 1 aliphatic heterocycles. The van der Waals surface area contributed by atoms with Crippen molar-refractivity contribution in [2.75, 3.05) is 13.7 Å². The first kappa shape index (κ1) is 14.1. The van der Waals surface area contributed by atoms with E-state index in [4.69, 9.17) is 4.74 Å². The lowest BCUT2D eigenvalue weighted by atomic mass is 10.0. The smallest absolute Gasteiger partial charge is 0.328 e. The van der Waals surface area contributed by atoms with Crippen molar-refractivity contribution in [3.63, 3.8) is 0 Å². The molecule has 0 bridgehead atoms.